The topological polar surface area (TPSA) is 93.1 Å². The van der Waals surface area contributed by atoms with E-state index in [1.165, 1.54) is 29.2 Å². The van der Waals surface area contributed by atoms with Crippen LogP contribution in [0, 0.1) is 5.82 Å². The van der Waals surface area contributed by atoms with E-state index in [2.05, 4.69) is 6.58 Å². The molecule has 2 heterocycles. The maximum atomic E-state index is 13.8. The van der Waals surface area contributed by atoms with Crippen LogP contribution in [0.3, 0.4) is 0 Å². The first kappa shape index (κ1) is 22.6. The number of hydrogen-bond acceptors (Lipinski definition) is 5. The van der Waals surface area contributed by atoms with E-state index in [0.29, 0.717) is 16.8 Å². The highest BCUT2D eigenvalue weighted by molar-refractivity contribution is 6.12. The molecule has 3 aromatic carbocycles. The lowest BCUT2D eigenvalue weighted by molar-refractivity contribution is -0.195. The first-order valence-electron chi connectivity index (χ1n) is 10.8. The van der Waals surface area contributed by atoms with Crippen molar-refractivity contribution in [2.75, 3.05) is 18.1 Å². The summed E-state index contributed by atoms with van der Waals surface area (Å²) in [5, 5.41) is 9.78. The number of anilines is 1. The molecule has 2 aliphatic heterocycles. The van der Waals surface area contributed by atoms with Gasteiger partial charge in [0.25, 0.3) is 11.7 Å². The summed E-state index contributed by atoms with van der Waals surface area (Å²) < 4.78 is 25.6. The van der Waals surface area contributed by atoms with Crippen LogP contribution >= 0.6 is 0 Å². The summed E-state index contributed by atoms with van der Waals surface area (Å²) in [5.74, 6) is -4.81. The van der Waals surface area contributed by atoms with Crippen molar-refractivity contribution in [2.45, 2.75) is 11.4 Å². The average molecular weight is 473 g/mol. The third-order valence-corrected chi connectivity index (χ3v) is 6.33. The predicted octanol–water partition coefficient (Wildman–Crippen LogP) is 3.79. The van der Waals surface area contributed by atoms with Crippen LogP contribution in [0.15, 0.2) is 91.0 Å². The zero-order valence-electron chi connectivity index (χ0n) is 18.4. The van der Waals surface area contributed by atoms with Crippen LogP contribution in [-0.4, -0.2) is 35.9 Å². The van der Waals surface area contributed by atoms with Gasteiger partial charge in [0.15, 0.2) is 11.4 Å². The van der Waals surface area contributed by atoms with Crippen LogP contribution in [0.4, 0.5) is 10.1 Å². The fraction of sp³-hybridized carbons (Fsp3) is 0.148. The van der Waals surface area contributed by atoms with Gasteiger partial charge in [-0.3, -0.25) is 14.5 Å². The second-order valence-corrected chi connectivity index (χ2v) is 8.32. The van der Waals surface area contributed by atoms with Crippen molar-refractivity contribution < 1.29 is 33.4 Å². The number of Topliss-reactive ketones (excluding diaryl/α,β-unsaturated/α-hetero) is 1. The smallest absolute Gasteiger partial charge is 0.334 e. The number of nitrogens with zero attached hydrogens (tertiary/aromatic N) is 1. The molecule has 1 spiro atoms. The first-order chi connectivity index (χ1) is 16.8. The summed E-state index contributed by atoms with van der Waals surface area (Å²) in [7, 11) is 0. The van der Waals surface area contributed by atoms with E-state index in [-0.39, 0.29) is 24.3 Å². The minimum absolute atomic E-state index is 0.240. The van der Waals surface area contributed by atoms with Gasteiger partial charge < -0.3 is 14.6 Å². The number of amides is 1. The second kappa shape index (κ2) is 8.26. The Morgan fingerprint density at radius 2 is 1.66 bits per heavy atom. The van der Waals surface area contributed by atoms with Gasteiger partial charge in [0.1, 0.15) is 5.82 Å². The van der Waals surface area contributed by atoms with E-state index in [1.54, 1.807) is 54.6 Å². The number of hydrogen-bond donors (Lipinski definition) is 1. The largest absolute Gasteiger partial charge is 0.478 e. The number of ether oxygens (including phenoxy) is 2. The van der Waals surface area contributed by atoms with Gasteiger partial charge in [0.05, 0.1) is 24.4 Å². The minimum atomic E-state index is -1.96. The summed E-state index contributed by atoms with van der Waals surface area (Å²) >= 11 is 0. The molecule has 0 aromatic heterocycles. The molecule has 5 rings (SSSR count). The van der Waals surface area contributed by atoms with Gasteiger partial charge in [-0.25, -0.2) is 9.18 Å². The Labute approximate surface area is 200 Å². The lowest BCUT2D eigenvalue weighted by Gasteiger charge is -2.30. The molecule has 35 heavy (non-hydrogen) atoms. The molecule has 2 atom stereocenters. The average Bonchev–Trinajstić information content (AvgIpc) is 3.39. The molecule has 1 saturated heterocycles. The van der Waals surface area contributed by atoms with Gasteiger partial charge in [-0.2, -0.15) is 0 Å². The highest BCUT2D eigenvalue weighted by atomic mass is 19.1. The fourth-order valence-electron chi connectivity index (χ4n) is 4.51. The maximum Gasteiger partial charge on any atom is 0.334 e. The molecule has 2 aliphatic rings. The van der Waals surface area contributed by atoms with Gasteiger partial charge in [0.2, 0.25) is 0 Å². The van der Waals surface area contributed by atoms with E-state index < -0.39 is 34.9 Å². The van der Waals surface area contributed by atoms with Gasteiger partial charge in [0, 0.05) is 11.1 Å². The molecular weight excluding hydrogens is 453 g/mol. The number of fused-ring (bicyclic) bond motifs is 2. The van der Waals surface area contributed by atoms with Crippen molar-refractivity contribution in [3.05, 3.63) is 114 Å². The minimum Gasteiger partial charge on any atom is -0.478 e. The number of ketones is 1. The number of carbonyl (C=O) groups is 3. The SMILES string of the molecule is C=C(C(=O)O)[C@]1(c2ccccc2)CO[C@@]2(O1)C(=O)N(CC(=O)c1ccc(F)cc1)c1ccccc12. The van der Waals surface area contributed by atoms with Gasteiger partial charge in [-0.05, 0) is 35.9 Å². The molecule has 7 nitrogen and oxygen atoms in total. The van der Waals surface area contributed by atoms with Crippen LogP contribution in [0.5, 0.6) is 0 Å². The van der Waals surface area contributed by atoms with Gasteiger partial charge in [-0.15, -0.1) is 0 Å². The molecule has 176 valence electrons. The maximum absolute atomic E-state index is 13.8. The lowest BCUT2D eigenvalue weighted by atomic mass is 9.87. The van der Waals surface area contributed by atoms with E-state index in [0.717, 1.165) is 0 Å². The molecule has 1 amide bonds. The zero-order chi connectivity index (χ0) is 24.8. The molecule has 0 unspecified atom stereocenters. The Morgan fingerprint density at radius 1 is 1.00 bits per heavy atom. The summed E-state index contributed by atoms with van der Waals surface area (Å²) in [4.78, 5) is 40.0. The van der Waals surface area contributed by atoms with Crippen molar-refractivity contribution >= 4 is 23.3 Å². The standard InChI is InChI=1S/C27H20FNO6/c1-17(24(31)32)26(19-7-3-2-4-8-19)16-34-27(35-26)21-9-5-6-10-22(21)29(25(27)33)15-23(30)18-11-13-20(28)14-12-18/h2-14H,1,15-16H2,(H,31,32)/t26-,27-/m0/s1. The van der Waals surface area contributed by atoms with Crippen LogP contribution in [0.2, 0.25) is 0 Å². The van der Waals surface area contributed by atoms with Crippen LogP contribution in [0.25, 0.3) is 0 Å². The second-order valence-electron chi connectivity index (χ2n) is 8.32. The molecule has 1 N–H and O–H groups in total. The fourth-order valence-corrected chi connectivity index (χ4v) is 4.51. The molecule has 0 aliphatic carbocycles. The van der Waals surface area contributed by atoms with Crippen LogP contribution < -0.4 is 4.90 Å². The summed E-state index contributed by atoms with van der Waals surface area (Å²) in [5.41, 5.74) is -0.455. The third-order valence-electron chi connectivity index (χ3n) is 6.33. The van der Waals surface area contributed by atoms with Gasteiger partial charge >= 0.3 is 5.97 Å². The number of carbonyl (C=O) groups excluding carboxylic acids is 2. The Bertz CT molecular complexity index is 1360. The Hall–Kier alpha value is -4.14. The highest BCUT2D eigenvalue weighted by Gasteiger charge is 2.64. The Balaban J connectivity index is 1.56. The molecule has 0 saturated carbocycles. The molecule has 0 radical (unpaired) electrons. The molecule has 0 bridgehead atoms. The quantitative estimate of drug-likeness (QED) is 0.433. The first-order valence-corrected chi connectivity index (χ1v) is 10.8. The highest BCUT2D eigenvalue weighted by Crippen LogP contribution is 2.54. The van der Waals surface area contributed by atoms with Crippen molar-refractivity contribution in [1.29, 1.82) is 0 Å². The monoisotopic (exact) mass is 473 g/mol. The molecular formula is C27H20FNO6. The summed E-state index contributed by atoms with van der Waals surface area (Å²) in [6.07, 6.45) is 0. The number of para-hydroxylation sites is 1. The van der Waals surface area contributed by atoms with Crippen molar-refractivity contribution in [3.8, 4) is 0 Å². The summed E-state index contributed by atoms with van der Waals surface area (Å²) in [6, 6.07) is 20.3. The molecule has 1 fully saturated rings. The summed E-state index contributed by atoms with van der Waals surface area (Å²) in [6.45, 7) is 3.11. The van der Waals surface area contributed by atoms with Crippen LogP contribution in [-0.2, 0) is 30.5 Å². The Kier molecular flexibility index (Phi) is 5.35. The zero-order valence-corrected chi connectivity index (χ0v) is 18.4. The number of rotatable bonds is 6. The van der Waals surface area contributed by atoms with Crippen molar-refractivity contribution in [2.24, 2.45) is 0 Å². The van der Waals surface area contributed by atoms with Crippen LogP contribution in [0.1, 0.15) is 21.5 Å². The molecule has 8 heteroatoms. The normalized spacial score (nSPS) is 22.9. The number of aliphatic carboxylic acids is 1. The van der Waals surface area contributed by atoms with E-state index in [1.807, 2.05) is 0 Å². The van der Waals surface area contributed by atoms with E-state index in [9.17, 15) is 23.9 Å². The number of carboxylic acid groups (broad SMARTS) is 1. The number of halogens is 1. The van der Waals surface area contributed by atoms with E-state index >= 15 is 0 Å². The predicted molar refractivity (Wildman–Crippen MR) is 123 cm³/mol. The molecule has 3 aromatic rings. The van der Waals surface area contributed by atoms with E-state index in [4.69, 9.17) is 9.47 Å². The van der Waals surface area contributed by atoms with Crippen molar-refractivity contribution in [1.82, 2.24) is 0 Å². The lowest BCUT2D eigenvalue weighted by Crippen LogP contribution is -2.45. The van der Waals surface area contributed by atoms with Gasteiger partial charge in [-0.1, -0.05) is 55.1 Å². The number of carboxylic acids is 1. The van der Waals surface area contributed by atoms with Crippen molar-refractivity contribution in [3.63, 3.8) is 0 Å². The Morgan fingerprint density at radius 3 is 2.34 bits per heavy atom. The number of benzene rings is 3. The third kappa shape index (κ3) is 3.46.